The summed E-state index contributed by atoms with van der Waals surface area (Å²) in [5, 5.41) is 2.78. The number of aryl methyl sites for hydroxylation is 2. The van der Waals surface area contributed by atoms with Gasteiger partial charge in [-0.05, 0) is 41.0 Å². The molecule has 0 saturated heterocycles. The fourth-order valence-electron chi connectivity index (χ4n) is 4.18. The first kappa shape index (κ1) is 26.2. The van der Waals surface area contributed by atoms with Crippen LogP contribution in [0.3, 0.4) is 0 Å². The van der Waals surface area contributed by atoms with Crippen LogP contribution in [0.4, 0.5) is 0 Å². The lowest BCUT2D eigenvalue weighted by molar-refractivity contribution is -0.141. The van der Waals surface area contributed by atoms with Gasteiger partial charge in [-0.15, -0.1) is 0 Å². The maximum Gasteiger partial charge on any atom is 0.242 e. The summed E-state index contributed by atoms with van der Waals surface area (Å²) in [5.74, 6) is -0.168. The van der Waals surface area contributed by atoms with Crippen molar-refractivity contribution in [2.75, 3.05) is 7.05 Å². The van der Waals surface area contributed by atoms with Gasteiger partial charge < -0.3 is 10.2 Å². The minimum absolute atomic E-state index is 0.0185. The summed E-state index contributed by atoms with van der Waals surface area (Å²) >= 11 is 0. The topological polar surface area (TPSA) is 49.4 Å². The van der Waals surface area contributed by atoms with Crippen molar-refractivity contribution >= 4 is 11.8 Å². The van der Waals surface area contributed by atoms with Crippen molar-refractivity contribution in [3.05, 3.63) is 107 Å². The summed E-state index contributed by atoms with van der Waals surface area (Å²) in [5.41, 5.74) is 5.70. The molecule has 0 saturated carbocycles. The second kappa shape index (κ2) is 11.8. The van der Waals surface area contributed by atoms with Gasteiger partial charge in [-0.3, -0.25) is 9.59 Å². The van der Waals surface area contributed by atoms with Crippen LogP contribution in [0.5, 0.6) is 0 Å². The molecule has 3 aromatic rings. The van der Waals surface area contributed by atoms with E-state index < -0.39 is 6.04 Å². The first-order valence-electron chi connectivity index (χ1n) is 12.4. The van der Waals surface area contributed by atoms with E-state index in [9.17, 15) is 9.59 Å². The molecule has 1 atom stereocenters. The van der Waals surface area contributed by atoms with Crippen molar-refractivity contribution in [3.8, 4) is 0 Å². The Kier molecular flexibility index (Phi) is 8.86. The van der Waals surface area contributed by atoms with Gasteiger partial charge in [0, 0.05) is 26.4 Å². The van der Waals surface area contributed by atoms with E-state index in [1.165, 1.54) is 5.56 Å². The molecule has 3 aromatic carbocycles. The van der Waals surface area contributed by atoms with Gasteiger partial charge in [0.05, 0.1) is 0 Å². The van der Waals surface area contributed by atoms with E-state index in [0.717, 1.165) is 22.3 Å². The number of hydrogen-bond acceptors (Lipinski definition) is 2. The molecule has 0 fully saturated rings. The van der Waals surface area contributed by atoms with E-state index in [4.69, 9.17) is 0 Å². The van der Waals surface area contributed by atoms with Crippen LogP contribution in [0.25, 0.3) is 0 Å². The van der Waals surface area contributed by atoms with Gasteiger partial charge in [-0.25, -0.2) is 0 Å². The average molecular weight is 471 g/mol. The maximum atomic E-state index is 13.6. The van der Waals surface area contributed by atoms with E-state index in [1.807, 2.05) is 61.5 Å². The third kappa shape index (κ3) is 7.54. The molecule has 1 N–H and O–H groups in total. The molecule has 0 unspecified atom stereocenters. The molecule has 0 aliphatic heterocycles. The number of carbonyl (C=O) groups is 2. The Balaban J connectivity index is 1.83. The Morgan fingerprint density at radius 3 is 2.00 bits per heavy atom. The number of benzene rings is 3. The van der Waals surface area contributed by atoms with Crippen molar-refractivity contribution in [1.82, 2.24) is 10.2 Å². The van der Waals surface area contributed by atoms with Crippen LogP contribution >= 0.6 is 0 Å². The quantitative estimate of drug-likeness (QED) is 0.442. The van der Waals surface area contributed by atoms with Crippen LogP contribution < -0.4 is 5.32 Å². The molecule has 4 heteroatoms. The highest BCUT2D eigenvalue weighted by molar-refractivity contribution is 5.88. The lowest BCUT2D eigenvalue weighted by Gasteiger charge is -2.31. The molecule has 0 heterocycles. The average Bonchev–Trinajstić information content (AvgIpc) is 2.85. The zero-order valence-electron chi connectivity index (χ0n) is 21.7. The molecule has 0 radical (unpaired) electrons. The lowest BCUT2D eigenvalue weighted by Crippen LogP contribution is -2.49. The van der Waals surface area contributed by atoms with Crippen molar-refractivity contribution in [1.29, 1.82) is 0 Å². The number of hydrogen-bond donors (Lipinski definition) is 1. The number of rotatable bonds is 9. The summed E-state index contributed by atoms with van der Waals surface area (Å²) < 4.78 is 0. The third-order valence-electron chi connectivity index (χ3n) is 6.44. The standard InChI is InChI=1S/C31H38N2O2/c1-23-11-13-26(14-12-23)22-33(28(30(35)32-5)21-25-9-7-6-8-10-25)29(34)20-17-24-15-18-27(19-16-24)31(2,3)4/h6-16,18-19,28H,17,20-22H2,1-5H3,(H,32,35)/t28-/m1/s1. The molecule has 35 heavy (non-hydrogen) atoms. The van der Waals surface area contributed by atoms with Gasteiger partial charge in [-0.2, -0.15) is 0 Å². The van der Waals surface area contributed by atoms with Crippen LogP contribution in [0, 0.1) is 6.92 Å². The fraction of sp³-hybridized carbons (Fsp3) is 0.355. The molecule has 0 aromatic heterocycles. The minimum Gasteiger partial charge on any atom is -0.357 e. The Labute approximate surface area is 210 Å². The summed E-state index contributed by atoms with van der Waals surface area (Å²) in [6.07, 6.45) is 1.46. The fourth-order valence-corrected chi connectivity index (χ4v) is 4.18. The van der Waals surface area contributed by atoms with Crippen molar-refractivity contribution in [2.24, 2.45) is 0 Å². The predicted octanol–water partition coefficient (Wildman–Crippen LogP) is 5.61. The first-order chi connectivity index (χ1) is 16.7. The Morgan fingerprint density at radius 1 is 0.829 bits per heavy atom. The van der Waals surface area contributed by atoms with E-state index in [-0.39, 0.29) is 17.2 Å². The molecular weight excluding hydrogens is 432 g/mol. The van der Waals surface area contributed by atoms with Gasteiger partial charge in [-0.1, -0.05) is 105 Å². The molecule has 3 rings (SSSR count). The molecule has 184 valence electrons. The second-order valence-corrected chi connectivity index (χ2v) is 10.3. The minimum atomic E-state index is -0.584. The van der Waals surface area contributed by atoms with Crippen molar-refractivity contribution in [2.45, 2.75) is 65.0 Å². The van der Waals surface area contributed by atoms with Gasteiger partial charge in [0.15, 0.2) is 0 Å². The molecule has 2 amide bonds. The van der Waals surface area contributed by atoms with Crippen LogP contribution in [0.15, 0.2) is 78.9 Å². The SMILES string of the molecule is CNC(=O)[C@@H](Cc1ccccc1)N(Cc1ccc(C)cc1)C(=O)CCc1ccc(C(C)(C)C)cc1. The highest BCUT2D eigenvalue weighted by Crippen LogP contribution is 2.23. The highest BCUT2D eigenvalue weighted by atomic mass is 16.2. The Bertz CT molecular complexity index is 1100. The zero-order valence-corrected chi connectivity index (χ0v) is 21.7. The summed E-state index contributed by atoms with van der Waals surface area (Å²) in [4.78, 5) is 28.4. The zero-order chi connectivity index (χ0) is 25.4. The number of nitrogens with zero attached hydrogens (tertiary/aromatic N) is 1. The van der Waals surface area contributed by atoms with E-state index in [2.05, 4.69) is 50.4 Å². The number of likely N-dealkylation sites (N-methyl/N-ethyl adjacent to an activating group) is 1. The van der Waals surface area contributed by atoms with Crippen LogP contribution in [0.2, 0.25) is 0 Å². The van der Waals surface area contributed by atoms with E-state index in [0.29, 0.717) is 25.8 Å². The second-order valence-electron chi connectivity index (χ2n) is 10.3. The third-order valence-corrected chi connectivity index (χ3v) is 6.44. The van der Waals surface area contributed by atoms with E-state index in [1.54, 1.807) is 11.9 Å². The predicted molar refractivity (Wildman–Crippen MR) is 143 cm³/mol. The smallest absolute Gasteiger partial charge is 0.242 e. The maximum absolute atomic E-state index is 13.6. The van der Waals surface area contributed by atoms with Gasteiger partial charge in [0.2, 0.25) is 11.8 Å². The van der Waals surface area contributed by atoms with Crippen molar-refractivity contribution in [3.63, 3.8) is 0 Å². The number of amides is 2. The molecule has 0 aliphatic rings. The molecule has 0 aliphatic carbocycles. The number of carbonyl (C=O) groups excluding carboxylic acids is 2. The van der Waals surface area contributed by atoms with Crippen LogP contribution in [0.1, 0.15) is 55.0 Å². The molecular formula is C31H38N2O2. The molecule has 0 spiro atoms. The molecule has 0 bridgehead atoms. The normalized spacial score (nSPS) is 12.1. The van der Waals surface area contributed by atoms with Crippen LogP contribution in [-0.2, 0) is 34.4 Å². The summed E-state index contributed by atoms with van der Waals surface area (Å²) in [6.45, 7) is 9.02. The van der Waals surface area contributed by atoms with Crippen LogP contribution in [-0.4, -0.2) is 29.8 Å². The Morgan fingerprint density at radius 2 is 1.43 bits per heavy atom. The van der Waals surface area contributed by atoms with Gasteiger partial charge in [0.25, 0.3) is 0 Å². The van der Waals surface area contributed by atoms with Gasteiger partial charge >= 0.3 is 0 Å². The first-order valence-corrected chi connectivity index (χ1v) is 12.4. The molecule has 4 nitrogen and oxygen atoms in total. The lowest BCUT2D eigenvalue weighted by atomic mass is 9.86. The largest absolute Gasteiger partial charge is 0.357 e. The summed E-state index contributed by atoms with van der Waals surface area (Å²) in [7, 11) is 1.63. The summed E-state index contributed by atoms with van der Waals surface area (Å²) in [6, 6.07) is 26.0. The van der Waals surface area contributed by atoms with Gasteiger partial charge in [0.1, 0.15) is 6.04 Å². The van der Waals surface area contributed by atoms with E-state index >= 15 is 0 Å². The number of nitrogens with one attached hydrogen (secondary N) is 1. The highest BCUT2D eigenvalue weighted by Gasteiger charge is 2.29. The monoisotopic (exact) mass is 470 g/mol. The van der Waals surface area contributed by atoms with Crippen molar-refractivity contribution < 1.29 is 9.59 Å². The Hall–Kier alpha value is -3.40.